The highest BCUT2D eigenvalue weighted by molar-refractivity contribution is 5.79. The first-order valence-electron chi connectivity index (χ1n) is 7.26. The van der Waals surface area contributed by atoms with Gasteiger partial charge in [0.1, 0.15) is 11.9 Å². The van der Waals surface area contributed by atoms with Gasteiger partial charge in [-0.25, -0.2) is 0 Å². The number of hydrogen-bond acceptors (Lipinski definition) is 4. The molecule has 20 heavy (non-hydrogen) atoms. The summed E-state index contributed by atoms with van der Waals surface area (Å²) >= 11 is 0. The molecule has 1 aromatic rings. The first-order chi connectivity index (χ1) is 9.83. The molecule has 2 fully saturated rings. The Kier molecular flexibility index (Phi) is 4.16. The molecule has 2 saturated heterocycles. The molecule has 0 spiro atoms. The van der Waals surface area contributed by atoms with Crippen LogP contribution in [-0.4, -0.2) is 48.2 Å². The van der Waals surface area contributed by atoms with Crippen molar-refractivity contribution in [2.75, 3.05) is 26.3 Å². The van der Waals surface area contributed by atoms with Crippen LogP contribution in [0.3, 0.4) is 0 Å². The van der Waals surface area contributed by atoms with E-state index in [1.807, 2.05) is 17.0 Å². The highest BCUT2D eigenvalue weighted by atomic mass is 16.5. The molecule has 0 aromatic carbocycles. The van der Waals surface area contributed by atoms with E-state index in [0.717, 1.165) is 31.6 Å². The van der Waals surface area contributed by atoms with E-state index in [9.17, 15) is 4.79 Å². The van der Waals surface area contributed by atoms with Gasteiger partial charge in [-0.05, 0) is 25.0 Å². The zero-order valence-corrected chi connectivity index (χ0v) is 11.5. The van der Waals surface area contributed by atoms with Gasteiger partial charge in [-0.1, -0.05) is 0 Å². The van der Waals surface area contributed by atoms with E-state index in [1.54, 1.807) is 12.4 Å². The molecule has 0 bridgehead atoms. The van der Waals surface area contributed by atoms with Crippen molar-refractivity contribution in [3.63, 3.8) is 0 Å². The second kappa shape index (κ2) is 6.22. The summed E-state index contributed by atoms with van der Waals surface area (Å²) in [7, 11) is 0. The van der Waals surface area contributed by atoms with Gasteiger partial charge in [0, 0.05) is 44.5 Å². The molecule has 1 aromatic heterocycles. The minimum atomic E-state index is 0.0983. The van der Waals surface area contributed by atoms with Gasteiger partial charge in [0.2, 0.25) is 5.91 Å². The molecule has 108 valence electrons. The van der Waals surface area contributed by atoms with Crippen LogP contribution in [0, 0.1) is 5.92 Å². The number of carbonyl (C=O) groups excluding carboxylic acids is 1. The van der Waals surface area contributed by atoms with Crippen LogP contribution in [0.15, 0.2) is 24.5 Å². The van der Waals surface area contributed by atoms with Crippen molar-refractivity contribution in [2.24, 2.45) is 5.92 Å². The van der Waals surface area contributed by atoms with Crippen molar-refractivity contribution < 1.29 is 14.3 Å². The van der Waals surface area contributed by atoms with Gasteiger partial charge in [0.05, 0.1) is 6.54 Å². The molecular weight excluding hydrogens is 256 g/mol. The highest BCUT2D eigenvalue weighted by Gasteiger charge is 2.32. The van der Waals surface area contributed by atoms with Gasteiger partial charge in [0.25, 0.3) is 0 Å². The lowest BCUT2D eigenvalue weighted by atomic mass is 9.99. The molecule has 0 radical (unpaired) electrons. The van der Waals surface area contributed by atoms with Crippen LogP contribution in [0.1, 0.15) is 19.3 Å². The molecule has 3 rings (SSSR count). The van der Waals surface area contributed by atoms with E-state index >= 15 is 0 Å². The van der Waals surface area contributed by atoms with Crippen LogP contribution in [0.2, 0.25) is 0 Å². The number of nitrogens with zero attached hydrogens (tertiary/aromatic N) is 2. The maximum atomic E-state index is 12.4. The van der Waals surface area contributed by atoms with Crippen molar-refractivity contribution in [3.8, 4) is 5.75 Å². The number of carbonyl (C=O) groups is 1. The van der Waals surface area contributed by atoms with Gasteiger partial charge < -0.3 is 14.4 Å². The Morgan fingerprint density at radius 3 is 2.75 bits per heavy atom. The topological polar surface area (TPSA) is 51.7 Å². The predicted octanol–water partition coefficient (Wildman–Crippen LogP) is 1.49. The average Bonchev–Trinajstić information content (AvgIpc) is 2.97. The van der Waals surface area contributed by atoms with E-state index in [-0.39, 0.29) is 17.9 Å². The van der Waals surface area contributed by atoms with E-state index in [1.165, 1.54) is 0 Å². The Morgan fingerprint density at radius 1 is 1.25 bits per heavy atom. The van der Waals surface area contributed by atoms with E-state index < -0.39 is 0 Å². The van der Waals surface area contributed by atoms with Crippen molar-refractivity contribution in [2.45, 2.75) is 25.4 Å². The van der Waals surface area contributed by atoms with Crippen LogP contribution in [0.5, 0.6) is 5.75 Å². The van der Waals surface area contributed by atoms with Gasteiger partial charge in [-0.15, -0.1) is 0 Å². The summed E-state index contributed by atoms with van der Waals surface area (Å²) in [4.78, 5) is 18.3. The molecule has 0 aliphatic carbocycles. The number of amides is 1. The third-order valence-corrected chi connectivity index (χ3v) is 3.98. The number of hydrogen-bond donors (Lipinski definition) is 0. The van der Waals surface area contributed by atoms with Crippen molar-refractivity contribution >= 4 is 5.91 Å². The Hall–Kier alpha value is -1.62. The first kappa shape index (κ1) is 13.4. The lowest BCUT2D eigenvalue weighted by Crippen LogP contribution is -2.38. The average molecular weight is 276 g/mol. The fourth-order valence-electron chi connectivity index (χ4n) is 2.84. The molecule has 2 aliphatic rings. The fourth-order valence-corrected chi connectivity index (χ4v) is 2.84. The minimum absolute atomic E-state index is 0.0983. The summed E-state index contributed by atoms with van der Waals surface area (Å²) in [6.45, 7) is 2.91. The van der Waals surface area contributed by atoms with Crippen molar-refractivity contribution in [1.29, 1.82) is 0 Å². The summed E-state index contributed by atoms with van der Waals surface area (Å²) in [5.41, 5.74) is 0. The molecule has 1 unspecified atom stereocenters. The number of rotatable bonds is 3. The minimum Gasteiger partial charge on any atom is -0.488 e. The Labute approximate surface area is 118 Å². The zero-order valence-electron chi connectivity index (χ0n) is 11.5. The molecule has 3 heterocycles. The normalized spacial score (nSPS) is 23.8. The molecular formula is C15H20N2O3. The smallest absolute Gasteiger partial charge is 0.225 e. The molecule has 1 atom stereocenters. The van der Waals surface area contributed by atoms with Gasteiger partial charge in [0.15, 0.2) is 0 Å². The maximum Gasteiger partial charge on any atom is 0.225 e. The fraction of sp³-hybridized carbons (Fsp3) is 0.600. The number of aromatic nitrogens is 1. The molecule has 5 heteroatoms. The second-order valence-corrected chi connectivity index (χ2v) is 5.38. The number of likely N-dealkylation sites (tertiary alicyclic amines) is 1. The van der Waals surface area contributed by atoms with Crippen LogP contribution >= 0.6 is 0 Å². The highest BCUT2D eigenvalue weighted by Crippen LogP contribution is 2.22. The summed E-state index contributed by atoms with van der Waals surface area (Å²) in [5.74, 6) is 1.24. The predicted molar refractivity (Wildman–Crippen MR) is 73.4 cm³/mol. The van der Waals surface area contributed by atoms with E-state index in [2.05, 4.69) is 4.98 Å². The molecule has 5 nitrogen and oxygen atoms in total. The number of pyridine rings is 1. The van der Waals surface area contributed by atoms with Crippen LogP contribution in [0.4, 0.5) is 0 Å². The SMILES string of the molecule is O=C(C1CCOCC1)N1CCC(Oc2ccncc2)C1. The van der Waals surface area contributed by atoms with Crippen LogP contribution in [0.25, 0.3) is 0 Å². The van der Waals surface area contributed by atoms with E-state index in [4.69, 9.17) is 9.47 Å². The summed E-state index contributed by atoms with van der Waals surface area (Å²) in [6, 6.07) is 3.70. The van der Waals surface area contributed by atoms with Gasteiger partial charge >= 0.3 is 0 Å². The summed E-state index contributed by atoms with van der Waals surface area (Å²) in [6.07, 6.45) is 6.14. The maximum absolute atomic E-state index is 12.4. The monoisotopic (exact) mass is 276 g/mol. The molecule has 0 N–H and O–H groups in total. The standard InChI is InChI=1S/C15H20N2O3/c18-15(12-4-9-19-10-5-12)17-8-3-14(11-17)20-13-1-6-16-7-2-13/h1-2,6-7,12,14H,3-5,8-11H2. The van der Waals surface area contributed by atoms with Crippen molar-refractivity contribution in [1.82, 2.24) is 9.88 Å². The lowest BCUT2D eigenvalue weighted by Gasteiger charge is -2.26. The third kappa shape index (κ3) is 3.10. The van der Waals surface area contributed by atoms with Crippen LogP contribution in [-0.2, 0) is 9.53 Å². The Morgan fingerprint density at radius 2 is 2.00 bits per heavy atom. The first-order valence-corrected chi connectivity index (χ1v) is 7.26. The Balaban J connectivity index is 1.52. The summed E-state index contributed by atoms with van der Waals surface area (Å²) < 4.78 is 11.2. The zero-order chi connectivity index (χ0) is 13.8. The van der Waals surface area contributed by atoms with Gasteiger partial charge in [-0.3, -0.25) is 9.78 Å². The van der Waals surface area contributed by atoms with E-state index in [0.29, 0.717) is 19.8 Å². The quantitative estimate of drug-likeness (QED) is 0.839. The largest absolute Gasteiger partial charge is 0.488 e. The lowest BCUT2D eigenvalue weighted by molar-refractivity contribution is -0.137. The Bertz CT molecular complexity index is 446. The van der Waals surface area contributed by atoms with Crippen LogP contribution < -0.4 is 4.74 Å². The van der Waals surface area contributed by atoms with Gasteiger partial charge in [-0.2, -0.15) is 0 Å². The molecule has 1 amide bonds. The third-order valence-electron chi connectivity index (χ3n) is 3.98. The number of ether oxygens (including phenoxy) is 2. The summed E-state index contributed by atoms with van der Waals surface area (Å²) in [5, 5.41) is 0. The van der Waals surface area contributed by atoms with Crippen molar-refractivity contribution in [3.05, 3.63) is 24.5 Å². The second-order valence-electron chi connectivity index (χ2n) is 5.38. The molecule has 0 saturated carbocycles. The molecule has 2 aliphatic heterocycles.